The first-order valence-corrected chi connectivity index (χ1v) is 9.32. The zero-order valence-corrected chi connectivity index (χ0v) is 15.7. The van der Waals surface area contributed by atoms with Crippen molar-refractivity contribution in [2.45, 2.75) is 6.42 Å². The highest BCUT2D eigenvalue weighted by Crippen LogP contribution is 2.32. The number of anilines is 2. The van der Waals surface area contributed by atoms with Gasteiger partial charge in [0, 0.05) is 30.7 Å². The first-order chi connectivity index (χ1) is 14.2. The second-order valence-corrected chi connectivity index (χ2v) is 6.54. The Bertz CT molecular complexity index is 1030. The van der Waals surface area contributed by atoms with Gasteiger partial charge in [-0.05, 0) is 36.2 Å². The second kappa shape index (κ2) is 8.60. The number of nitrogens with zero attached hydrogens (tertiary/aromatic N) is 1. The van der Waals surface area contributed by atoms with Crippen LogP contribution < -0.4 is 20.1 Å². The molecule has 7 heteroatoms. The minimum Gasteiger partial charge on any atom is -0.486 e. The summed E-state index contributed by atoms with van der Waals surface area (Å²) in [5.74, 6) is 0.764. The maximum atomic E-state index is 13.7. The largest absolute Gasteiger partial charge is 0.486 e. The summed E-state index contributed by atoms with van der Waals surface area (Å²) in [6.45, 7) is 1.52. The average Bonchev–Trinajstić information content (AvgIpc) is 2.75. The first kappa shape index (κ1) is 18.7. The third-order valence-electron chi connectivity index (χ3n) is 4.48. The number of fused-ring (bicyclic) bond motifs is 1. The van der Waals surface area contributed by atoms with E-state index in [1.807, 2.05) is 6.07 Å². The third-order valence-corrected chi connectivity index (χ3v) is 4.48. The van der Waals surface area contributed by atoms with E-state index in [2.05, 4.69) is 15.6 Å². The minimum atomic E-state index is -0.285. The lowest BCUT2D eigenvalue weighted by Crippen LogP contribution is -2.16. The Morgan fingerprint density at radius 1 is 1.00 bits per heavy atom. The van der Waals surface area contributed by atoms with Crippen LogP contribution in [0.1, 0.15) is 15.9 Å². The molecule has 1 aliphatic heterocycles. The maximum absolute atomic E-state index is 13.7. The summed E-state index contributed by atoms with van der Waals surface area (Å²) in [4.78, 5) is 16.7. The van der Waals surface area contributed by atoms with Crippen LogP contribution in [0.4, 0.5) is 15.8 Å². The number of aromatic nitrogens is 1. The summed E-state index contributed by atoms with van der Waals surface area (Å²) >= 11 is 0. The van der Waals surface area contributed by atoms with Gasteiger partial charge in [0.25, 0.3) is 5.91 Å². The molecular weight excluding hydrogens is 373 g/mol. The maximum Gasteiger partial charge on any atom is 0.257 e. The van der Waals surface area contributed by atoms with Gasteiger partial charge >= 0.3 is 0 Å². The smallest absolute Gasteiger partial charge is 0.257 e. The number of carbonyl (C=O) groups excluding carboxylic acids is 1. The Balaban J connectivity index is 1.37. The molecule has 1 amide bonds. The molecule has 1 aliphatic rings. The SMILES string of the molecule is O=C(Nc1ccc2c(c1)OCCO2)c1cncc(NCCc2ccccc2F)c1. The molecule has 0 aliphatic carbocycles. The molecule has 0 unspecified atom stereocenters. The molecule has 0 saturated heterocycles. The Hall–Kier alpha value is -3.61. The molecule has 4 rings (SSSR count). The summed E-state index contributed by atoms with van der Waals surface area (Å²) in [6, 6.07) is 13.6. The molecule has 0 radical (unpaired) electrons. The van der Waals surface area contributed by atoms with E-state index in [4.69, 9.17) is 9.47 Å². The molecule has 148 valence electrons. The molecule has 3 aromatic rings. The van der Waals surface area contributed by atoms with E-state index in [0.29, 0.717) is 60.2 Å². The van der Waals surface area contributed by atoms with Gasteiger partial charge in [-0.3, -0.25) is 9.78 Å². The number of hydrogen-bond donors (Lipinski definition) is 2. The monoisotopic (exact) mass is 393 g/mol. The highest BCUT2D eigenvalue weighted by Gasteiger charge is 2.14. The van der Waals surface area contributed by atoms with Crippen molar-refractivity contribution in [3.05, 3.63) is 77.9 Å². The van der Waals surface area contributed by atoms with E-state index in [1.165, 1.54) is 12.3 Å². The molecule has 1 aromatic heterocycles. The predicted octanol–water partition coefficient (Wildman–Crippen LogP) is 3.90. The van der Waals surface area contributed by atoms with Crippen LogP contribution in [-0.2, 0) is 6.42 Å². The standard InChI is InChI=1S/C22H20FN3O3/c23-19-4-2-1-3-15(19)7-8-25-18-11-16(13-24-14-18)22(27)26-17-5-6-20-21(12-17)29-10-9-28-20/h1-6,11-14,25H,7-10H2,(H,26,27). The highest BCUT2D eigenvalue weighted by atomic mass is 19.1. The Labute approximate surface area is 167 Å². The van der Waals surface area contributed by atoms with Crippen molar-refractivity contribution in [3.63, 3.8) is 0 Å². The normalized spacial score (nSPS) is 12.3. The van der Waals surface area contributed by atoms with Gasteiger partial charge in [-0.15, -0.1) is 0 Å². The number of carbonyl (C=O) groups is 1. The summed E-state index contributed by atoms with van der Waals surface area (Å²) < 4.78 is 24.7. The molecule has 2 aromatic carbocycles. The molecule has 0 bridgehead atoms. The van der Waals surface area contributed by atoms with Crippen molar-refractivity contribution in [1.82, 2.24) is 4.98 Å². The highest BCUT2D eigenvalue weighted by molar-refractivity contribution is 6.04. The topological polar surface area (TPSA) is 72.5 Å². The second-order valence-electron chi connectivity index (χ2n) is 6.54. The lowest BCUT2D eigenvalue weighted by Gasteiger charge is -2.19. The van der Waals surface area contributed by atoms with Crippen molar-refractivity contribution in [2.24, 2.45) is 0 Å². The fraction of sp³-hybridized carbons (Fsp3) is 0.182. The minimum absolute atomic E-state index is 0.222. The molecule has 0 saturated carbocycles. The summed E-state index contributed by atoms with van der Waals surface area (Å²) in [5.41, 5.74) is 2.35. The molecule has 29 heavy (non-hydrogen) atoms. The lowest BCUT2D eigenvalue weighted by atomic mass is 10.1. The molecule has 0 spiro atoms. The number of ether oxygens (including phenoxy) is 2. The average molecular weight is 393 g/mol. The van der Waals surface area contributed by atoms with Gasteiger partial charge in [-0.1, -0.05) is 18.2 Å². The third kappa shape index (κ3) is 4.63. The summed E-state index contributed by atoms with van der Waals surface area (Å²) in [5, 5.41) is 6.01. The lowest BCUT2D eigenvalue weighted by molar-refractivity contribution is 0.102. The van der Waals surface area contributed by atoms with Crippen LogP contribution in [0.2, 0.25) is 0 Å². The zero-order valence-electron chi connectivity index (χ0n) is 15.7. The van der Waals surface area contributed by atoms with Crippen molar-refractivity contribution in [2.75, 3.05) is 30.4 Å². The van der Waals surface area contributed by atoms with E-state index in [0.717, 1.165) is 0 Å². The molecular formula is C22H20FN3O3. The number of rotatable bonds is 6. The summed E-state index contributed by atoms with van der Waals surface area (Å²) in [6.07, 6.45) is 3.65. The zero-order chi connectivity index (χ0) is 20.1. The van der Waals surface area contributed by atoms with Gasteiger partial charge in [0.2, 0.25) is 0 Å². The Morgan fingerprint density at radius 2 is 1.83 bits per heavy atom. The predicted molar refractivity (Wildman–Crippen MR) is 108 cm³/mol. The fourth-order valence-corrected chi connectivity index (χ4v) is 3.03. The van der Waals surface area contributed by atoms with Gasteiger partial charge in [0.1, 0.15) is 19.0 Å². The van der Waals surface area contributed by atoms with Crippen molar-refractivity contribution >= 4 is 17.3 Å². The van der Waals surface area contributed by atoms with Crippen molar-refractivity contribution in [1.29, 1.82) is 0 Å². The quantitative estimate of drug-likeness (QED) is 0.665. The van der Waals surface area contributed by atoms with E-state index in [1.54, 1.807) is 42.6 Å². The van der Waals surface area contributed by atoms with E-state index in [9.17, 15) is 9.18 Å². The number of pyridine rings is 1. The molecule has 2 N–H and O–H groups in total. The van der Waals surface area contributed by atoms with Crippen LogP contribution in [0.3, 0.4) is 0 Å². The van der Waals surface area contributed by atoms with Gasteiger partial charge in [-0.2, -0.15) is 0 Å². The first-order valence-electron chi connectivity index (χ1n) is 9.32. The van der Waals surface area contributed by atoms with Gasteiger partial charge < -0.3 is 20.1 Å². The van der Waals surface area contributed by atoms with E-state index >= 15 is 0 Å². The van der Waals surface area contributed by atoms with Crippen LogP contribution >= 0.6 is 0 Å². The molecule has 6 nitrogen and oxygen atoms in total. The number of benzene rings is 2. The van der Waals surface area contributed by atoms with Crippen molar-refractivity contribution in [3.8, 4) is 11.5 Å². The number of halogens is 1. The van der Waals surface area contributed by atoms with Crippen LogP contribution in [-0.4, -0.2) is 30.6 Å². The Kier molecular flexibility index (Phi) is 5.56. The van der Waals surface area contributed by atoms with E-state index < -0.39 is 0 Å². The number of nitrogens with one attached hydrogen (secondary N) is 2. The van der Waals surface area contributed by atoms with Crippen molar-refractivity contribution < 1.29 is 18.7 Å². The Morgan fingerprint density at radius 3 is 2.69 bits per heavy atom. The van der Waals surface area contributed by atoms with E-state index in [-0.39, 0.29) is 11.7 Å². The number of amides is 1. The van der Waals surface area contributed by atoms with Crippen LogP contribution in [0, 0.1) is 5.82 Å². The van der Waals surface area contributed by atoms with Gasteiger partial charge in [0.15, 0.2) is 11.5 Å². The molecule has 2 heterocycles. The number of hydrogen-bond acceptors (Lipinski definition) is 5. The van der Waals surface area contributed by atoms with Crippen LogP contribution in [0.15, 0.2) is 60.9 Å². The fourth-order valence-electron chi connectivity index (χ4n) is 3.03. The van der Waals surface area contributed by atoms with Gasteiger partial charge in [0.05, 0.1) is 11.3 Å². The molecule has 0 fully saturated rings. The molecule has 0 atom stereocenters. The van der Waals surface area contributed by atoms with Gasteiger partial charge in [-0.25, -0.2) is 4.39 Å². The summed E-state index contributed by atoms with van der Waals surface area (Å²) in [7, 11) is 0. The van der Waals surface area contributed by atoms with Crippen LogP contribution in [0.25, 0.3) is 0 Å². The van der Waals surface area contributed by atoms with Crippen LogP contribution in [0.5, 0.6) is 11.5 Å².